The molecule has 0 aliphatic carbocycles. The highest BCUT2D eigenvalue weighted by Crippen LogP contribution is 2.16. The molecule has 1 aliphatic heterocycles. The Morgan fingerprint density at radius 3 is 2.85 bits per heavy atom. The second-order valence-electron chi connectivity index (χ2n) is 3.67. The summed E-state index contributed by atoms with van der Waals surface area (Å²) in [7, 11) is 0. The molecule has 1 heterocycles. The number of hydrogen-bond acceptors (Lipinski definition) is 2. The molecule has 13 heavy (non-hydrogen) atoms. The van der Waals surface area contributed by atoms with Gasteiger partial charge in [-0.1, -0.05) is 13.3 Å². The van der Waals surface area contributed by atoms with Gasteiger partial charge in [-0.3, -0.25) is 4.79 Å². The minimum absolute atomic E-state index is 0.361. The van der Waals surface area contributed by atoms with Gasteiger partial charge in [0.05, 0.1) is 0 Å². The molecular formula is C10H19NOS. The maximum atomic E-state index is 11.3. The molecule has 1 amide bonds. The number of amides is 1. The van der Waals surface area contributed by atoms with Gasteiger partial charge < -0.3 is 4.90 Å². The van der Waals surface area contributed by atoms with Crippen molar-refractivity contribution in [1.29, 1.82) is 0 Å². The molecule has 2 nitrogen and oxygen atoms in total. The lowest BCUT2D eigenvalue weighted by Gasteiger charge is -2.21. The first kappa shape index (κ1) is 10.9. The predicted molar refractivity (Wildman–Crippen MR) is 58.0 cm³/mol. The van der Waals surface area contributed by atoms with E-state index < -0.39 is 0 Å². The van der Waals surface area contributed by atoms with E-state index >= 15 is 0 Å². The Balaban J connectivity index is 2.31. The topological polar surface area (TPSA) is 20.3 Å². The Hall–Kier alpha value is -0.180. The van der Waals surface area contributed by atoms with E-state index in [0.29, 0.717) is 11.8 Å². The molecule has 0 radical (unpaired) electrons. The van der Waals surface area contributed by atoms with Crippen LogP contribution in [0, 0.1) is 5.92 Å². The fraction of sp³-hybridized carbons (Fsp3) is 0.900. The molecule has 0 unspecified atom stereocenters. The summed E-state index contributed by atoms with van der Waals surface area (Å²) in [5.74, 6) is 2.23. The Bertz CT molecular complexity index is 172. The Morgan fingerprint density at radius 2 is 2.38 bits per heavy atom. The molecule has 1 fully saturated rings. The summed E-state index contributed by atoms with van der Waals surface area (Å²) >= 11 is 1.88. The number of nitrogens with zero attached hydrogens (tertiary/aromatic N) is 1. The van der Waals surface area contributed by atoms with Crippen molar-refractivity contribution in [3.63, 3.8) is 0 Å². The summed E-state index contributed by atoms with van der Waals surface area (Å²) in [6, 6.07) is 0. The molecule has 0 bridgehead atoms. The molecule has 76 valence electrons. The molecule has 1 aliphatic rings. The SMILES string of the molecule is CC[C@H](CSC)CN1CCCC1=O. The zero-order chi connectivity index (χ0) is 9.68. The van der Waals surface area contributed by atoms with Crippen LogP contribution < -0.4 is 0 Å². The molecule has 0 N–H and O–H groups in total. The Morgan fingerprint density at radius 1 is 1.62 bits per heavy atom. The number of hydrogen-bond donors (Lipinski definition) is 0. The van der Waals surface area contributed by atoms with Crippen molar-refractivity contribution in [2.24, 2.45) is 5.92 Å². The van der Waals surface area contributed by atoms with E-state index in [1.165, 1.54) is 12.2 Å². The molecule has 1 saturated heterocycles. The van der Waals surface area contributed by atoms with Gasteiger partial charge in [-0.05, 0) is 24.3 Å². The first-order valence-electron chi connectivity index (χ1n) is 5.04. The molecule has 0 saturated carbocycles. The number of thioether (sulfide) groups is 1. The van der Waals surface area contributed by atoms with Crippen LogP contribution in [0.2, 0.25) is 0 Å². The third-order valence-corrected chi connectivity index (χ3v) is 3.43. The van der Waals surface area contributed by atoms with Crippen molar-refractivity contribution in [2.75, 3.05) is 25.1 Å². The summed E-state index contributed by atoms with van der Waals surface area (Å²) in [6.45, 7) is 4.18. The molecule has 0 spiro atoms. The second-order valence-corrected chi connectivity index (χ2v) is 4.58. The highest BCUT2D eigenvalue weighted by molar-refractivity contribution is 7.98. The number of likely N-dealkylation sites (tertiary alicyclic amines) is 1. The third-order valence-electron chi connectivity index (χ3n) is 2.63. The Kier molecular flexibility index (Phi) is 4.64. The van der Waals surface area contributed by atoms with Crippen LogP contribution in [-0.2, 0) is 4.79 Å². The van der Waals surface area contributed by atoms with E-state index in [9.17, 15) is 4.79 Å². The summed E-state index contributed by atoms with van der Waals surface area (Å²) < 4.78 is 0. The van der Waals surface area contributed by atoms with Crippen LogP contribution in [0.5, 0.6) is 0 Å². The van der Waals surface area contributed by atoms with Gasteiger partial charge in [0.15, 0.2) is 0 Å². The maximum Gasteiger partial charge on any atom is 0.222 e. The maximum absolute atomic E-state index is 11.3. The Labute approximate surface area is 85.1 Å². The molecular weight excluding hydrogens is 182 g/mol. The van der Waals surface area contributed by atoms with Crippen molar-refractivity contribution >= 4 is 17.7 Å². The van der Waals surface area contributed by atoms with Crippen molar-refractivity contribution < 1.29 is 4.79 Å². The zero-order valence-corrected chi connectivity index (χ0v) is 9.40. The normalized spacial score (nSPS) is 19.5. The highest BCUT2D eigenvalue weighted by atomic mass is 32.2. The molecule has 1 rings (SSSR count). The number of rotatable bonds is 5. The second kappa shape index (κ2) is 5.53. The quantitative estimate of drug-likeness (QED) is 0.678. The van der Waals surface area contributed by atoms with Crippen molar-refractivity contribution in [2.45, 2.75) is 26.2 Å². The molecule has 0 aromatic rings. The van der Waals surface area contributed by atoms with Gasteiger partial charge in [0, 0.05) is 19.5 Å². The van der Waals surface area contributed by atoms with E-state index in [2.05, 4.69) is 13.2 Å². The van der Waals surface area contributed by atoms with Gasteiger partial charge in [-0.2, -0.15) is 11.8 Å². The minimum Gasteiger partial charge on any atom is -0.342 e. The zero-order valence-electron chi connectivity index (χ0n) is 8.58. The predicted octanol–water partition coefficient (Wildman–Crippen LogP) is 2.00. The standard InChI is InChI=1S/C10H19NOS/c1-3-9(8-13-2)7-11-6-4-5-10(11)12/h9H,3-8H2,1-2H3/t9-/m0/s1. The van der Waals surface area contributed by atoms with Crippen molar-refractivity contribution in [1.82, 2.24) is 4.90 Å². The lowest BCUT2D eigenvalue weighted by Crippen LogP contribution is -2.31. The first-order valence-corrected chi connectivity index (χ1v) is 6.44. The van der Waals surface area contributed by atoms with E-state index in [4.69, 9.17) is 0 Å². The van der Waals surface area contributed by atoms with Crippen molar-refractivity contribution in [3.05, 3.63) is 0 Å². The third kappa shape index (κ3) is 3.22. The average Bonchev–Trinajstić information content (AvgIpc) is 2.51. The summed E-state index contributed by atoms with van der Waals surface area (Å²) in [5, 5.41) is 0. The van der Waals surface area contributed by atoms with Gasteiger partial charge >= 0.3 is 0 Å². The smallest absolute Gasteiger partial charge is 0.222 e. The molecule has 0 aromatic carbocycles. The highest BCUT2D eigenvalue weighted by Gasteiger charge is 2.22. The van der Waals surface area contributed by atoms with E-state index in [1.807, 2.05) is 16.7 Å². The lowest BCUT2D eigenvalue weighted by molar-refractivity contribution is -0.128. The lowest BCUT2D eigenvalue weighted by atomic mass is 10.1. The van der Waals surface area contributed by atoms with E-state index in [1.54, 1.807) is 0 Å². The van der Waals surface area contributed by atoms with Gasteiger partial charge in [-0.25, -0.2) is 0 Å². The van der Waals surface area contributed by atoms with Crippen molar-refractivity contribution in [3.8, 4) is 0 Å². The van der Waals surface area contributed by atoms with Crippen LogP contribution in [0.1, 0.15) is 26.2 Å². The van der Waals surface area contributed by atoms with Crippen LogP contribution >= 0.6 is 11.8 Å². The minimum atomic E-state index is 0.361. The van der Waals surface area contributed by atoms with E-state index in [0.717, 1.165) is 25.9 Å². The van der Waals surface area contributed by atoms with Gasteiger partial charge in [-0.15, -0.1) is 0 Å². The fourth-order valence-electron chi connectivity index (χ4n) is 1.74. The monoisotopic (exact) mass is 201 g/mol. The fourth-order valence-corrected chi connectivity index (χ4v) is 2.56. The summed E-state index contributed by atoms with van der Waals surface area (Å²) in [6.07, 6.45) is 5.16. The van der Waals surface area contributed by atoms with Gasteiger partial charge in [0.2, 0.25) is 5.91 Å². The largest absolute Gasteiger partial charge is 0.342 e. The van der Waals surface area contributed by atoms with Crippen LogP contribution in [0.15, 0.2) is 0 Å². The average molecular weight is 201 g/mol. The number of carbonyl (C=O) groups is 1. The molecule has 1 atom stereocenters. The van der Waals surface area contributed by atoms with E-state index in [-0.39, 0.29) is 0 Å². The van der Waals surface area contributed by atoms with Crippen LogP contribution in [0.25, 0.3) is 0 Å². The van der Waals surface area contributed by atoms with Gasteiger partial charge in [0.1, 0.15) is 0 Å². The van der Waals surface area contributed by atoms with Crippen LogP contribution in [0.4, 0.5) is 0 Å². The molecule has 0 aromatic heterocycles. The van der Waals surface area contributed by atoms with Gasteiger partial charge in [0.25, 0.3) is 0 Å². The first-order chi connectivity index (χ1) is 6.27. The summed E-state index contributed by atoms with van der Waals surface area (Å²) in [5.41, 5.74) is 0. The molecule has 3 heteroatoms. The number of carbonyl (C=O) groups excluding carboxylic acids is 1. The van der Waals surface area contributed by atoms with Crippen LogP contribution in [0.3, 0.4) is 0 Å². The summed E-state index contributed by atoms with van der Waals surface area (Å²) in [4.78, 5) is 13.4. The van der Waals surface area contributed by atoms with Crippen LogP contribution in [-0.4, -0.2) is 35.9 Å².